The fraction of sp³-hybridized carbons (Fsp3) is 0.500. The third-order valence-electron chi connectivity index (χ3n) is 2.75. The molecule has 0 aromatic carbocycles. The molecule has 1 amide bonds. The molecule has 22 heavy (non-hydrogen) atoms. The number of aromatic nitrogens is 4. The first-order valence-corrected chi connectivity index (χ1v) is 7.45. The van der Waals surface area contributed by atoms with Crippen LogP contribution in [0.1, 0.15) is 17.9 Å². The van der Waals surface area contributed by atoms with Gasteiger partial charge < -0.3 is 5.32 Å². The molecule has 10 heteroatoms. The van der Waals surface area contributed by atoms with E-state index >= 15 is 0 Å². The van der Waals surface area contributed by atoms with Crippen LogP contribution in [0.4, 0.5) is 13.2 Å². The summed E-state index contributed by atoms with van der Waals surface area (Å²) in [5.41, 5.74) is 1.52. The van der Waals surface area contributed by atoms with Crippen molar-refractivity contribution in [2.75, 3.05) is 12.3 Å². The summed E-state index contributed by atoms with van der Waals surface area (Å²) in [6.45, 7) is 3.65. The zero-order chi connectivity index (χ0) is 16.3. The molecule has 0 aliphatic carbocycles. The maximum absolute atomic E-state index is 12.0. The van der Waals surface area contributed by atoms with Crippen LogP contribution in [0.15, 0.2) is 11.2 Å². The molecule has 0 bridgehead atoms. The molecule has 0 saturated heterocycles. The summed E-state index contributed by atoms with van der Waals surface area (Å²) in [7, 11) is 0. The summed E-state index contributed by atoms with van der Waals surface area (Å²) >= 11 is 1.35. The molecule has 0 aliphatic rings. The number of fused-ring (bicyclic) bond motifs is 1. The predicted octanol–water partition coefficient (Wildman–Crippen LogP) is 1.90. The minimum absolute atomic E-state index is 0.0432. The second-order valence-corrected chi connectivity index (χ2v) is 5.64. The van der Waals surface area contributed by atoms with Gasteiger partial charge in [0.15, 0.2) is 10.8 Å². The van der Waals surface area contributed by atoms with E-state index in [1.807, 2.05) is 19.2 Å². The van der Waals surface area contributed by atoms with Crippen LogP contribution in [0.25, 0.3) is 5.65 Å². The molecule has 2 aromatic rings. The van der Waals surface area contributed by atoms with Gasteiger partial charge in [-0.2, -0.15) is 13.2 Å². The Morgan fingerprint density at radius 3 is 2.77 bits per heavy atom. The molecule has 120 valence electrons. The number of hydrogen-bond donors (Lipinski definition) is 1. The Labute approximate surface area is 128 Å². The molecule has 0 fully saturated rings. The average Bonchev–Trinajstić information content (AvgIpc) is 2.80. The Morgan fingerprint density at radius 2 is 2.09 bits per heavy atom. The Morgan fingerprint density at radius 1 is 1.36 bits per heavy atom. The number of rotatable bonds is 5. The van der Waals surface area contributed by atoms with Gasteiger partial charge in [-0.15, -0.1) is 10.2 Å². The molecular formula is C12H14F3N5OS. The van der Waals surface area contributed by atoms with Crippen LogP contribution < -0.4 is 5.32 Å². The number of aryl methyl sites for hydroxylation is 2. The minimum Gasteiger partial charge on any atom is -0.348 e. The lowest BCUT2D eigenvalue weighted by atomic mass is 10.4. The van der Waals surface area contributed by atoms with Crippen molar-refractivity contribution in [3.8, 4) is 0 Å². The molecule has 0 saturated carbocycles. The number of nitrogens with zero attached hydrogens (tertiary/aromatic N) is 4. The summed E-state index contributed by atoms with van der Waals surface area (Å²) in [5, 5.41) is 10.5. The molecule has 0 radical (unpaired) electrons. The largest absolute Gasteiger partial charge is 0.471 e. The molecule has 0 unspecified atom stereocenters. The van der Waals surface area contributed by atoms with Gasteiger partial charge in [0.1, 0.15) is 5.82 Å². The summed E-state index contributed by atoms with van der Waals surface area (Å²) in [5.74, 6) is -0.666. The maximum atomic E-state index is 12.0. The maximum Gasteiger partial charge on any atom is 0.471 e. The monoisotopic (exact) mass is 333 g/mol. The molecule has 2 aromatic heterocycles. The quantitative estimate of drug-likeness (QED) is 0.668. The van der Waals surface area contributed by atoms with Crippen molar-refractivity contribution in [3.05, 3.63) is 17.6 Å². The summed E-state index contributed by atoms with van der Waals surface area (Å²) < 4.78 is 37.7. The van der Waals surface area contributed by atoms with Crippen LogP contribution in [0.5, 0.6) is 0 Å². The summed E-state index contributed by atoms with van der Waals surface area (Å²) in [4.78, 5) is 14.9. The van der Waals surface area contributed by atoms with Crippen LogP contribution >= 0.6 is 11.8 Å². The Balaban J connectivity index is 1.87. The van der Waals surface area contributed by atoms with Gasteiger partial charge in [0.2, 0.25) is 0 Å². The zero-order valence-electron chi connectivity index (χ0n) is 11.9. The lowest BCUT2D eigenvalue weighted by Crippen LogP contribution is -2.37. The highest BCUT2D eigenvalue weighted by Crippen LogP contribution is 2.19. The number of amides is 1. The first-order valence-electron chi connectivity index (χ1n) is 6.46. The van der Waals surface area contributed by atoms with Crippen molar-refractivity contribution in [3.63, 3.8) is 0 Å². The highest BCUT2D eigenvalue weighted by molar-refractivity contribution is 7.99. The van der Waals surface area contributed by atoms with Crippen LogP contribution in [0.2, 0.25) is 0 Å². The van der Waals surface area contributed by atoms with Crippen molar-refractivity contribution >= 4 is 23.3 Å². The highest BCUT2D eigenvalue weighted by Gasteiger charge is 2.38. The van der Waals surface area contributed by atoms with E-state index in [0.29, 0.717) is 23.0 Å². The molecule has 6 nitrogen and oxygen atoms in total. The number of thioether (sulfide) groups is 1. The first-order chi connectivity index (χ1) is 10.3. The van der Waals surface area contributed by atoms with Crippen LogP contribution in [0, 0.1) is 13.8 Å². The van der Waals surface area contributed by atoms with Gasteiger partial charge in [0.05, 0.1) is 0 Å². The van der Waals surface area contributed by atoms with E-state index in [-0.39, 0.29) is 6.54 Å². The second-order valence-electron chi connectivity index (χ2n) is 4.58. The number of halogens is 3. The molecular weight excluding hydrogens is 319 g/mol. The number of alkyl halides is 3. The molecule has 1 N–H and O–H groups in total. The van der Waals surface area contributed by atoms with E-state index in [0.717, 1.165) is 11.5 Å². The molecule has 0 aliphatic heterocycles. The van der Waals surface area contributed by atoms with E-state index in [1.165, 1.54) is 11.8 Å². The normalized spacial score (nSPS) is 11.9. The van der Waals surface area contributed by atoms with Gasteiger partial charge in [-0.3, -0.25) is 9.20 Å². The first kappa shape index (κ1) is 16.5. The fourth-order valence-electron chi connectivity index (χ4n) is 1.83. The smallest absolute Gasteiger partial charge is 0.348 e. The van der Waals surface area contributed by atoms with Gasteiger partial charge >= 0.3 is 12.1 Å². The zero-order valence-corrected chi connectivity index (χ0v) is 12.8. The van der Waals surface area contributed by atoms with Crippen molar-refractivity contribution in [2.45, 2.75) is 31.6 Å². The van der Waals surface area contributed by atoms with Crippen molar-refractivity contribution < 1.29 is 18.0 Å². The van der Waals surface area contributed by atoms with E-state index in [2.05, 4.69) is 15.2 Å². The lowest BCUT2D eigenvalue weighted by molar-refractivity contribution is -0.173. The van der Waals surface area contributed by atoms with E-state index in [4.69, 9.17) is 0 Å². The number of nitrogens with one attached hydrogen (secondary N) is 1. The van der Waals surface area contributed by atoms with E-state index < -0.39 is 12.1 Å². The number of carbonyl (C=O) groups is 1. The number of hydrogen-bond acceptors (Lipinski definition) is 5. The van der Waals surface area contributed by atoms with Crippen LogP contribution in [-0.2, 0) is 4.79 Å². The highest BCUT2D eigenvalue weighted by atomic mass is 32.2. The fourth-order valence-corrected chi connectivity index (χ4v) is 2.76. The minimum atomic E-state index is -4.84. The third kappa shape index (κ3) is 3.87. The van der Waals surface area contributed by atoms with E-state index in [9.17, 15) is 18.0 Å². The van der Waals surface area contributed by atoms with Crippen molar-refractivity contribution in [1.29, 1.82) is 0 Å². The number of carbonyl (C=O) groups excluding carboxylic acids is 1. The van der Waals surface area contributed by atoms with Crippen LogP contribution in [-0.4, -0.2) is 44.0 Å². The van der Waals surface area contributed by atoms with Gasteiger partial charge in [0.25, 0.3) is 0 Å². The third-order valence-corrected chi connectivity index (χ3v) is 3.77. The van der Waals surface area contributed by atoms with Gasteiger partial charge in [-0.05, 0) is 20.3 Å². The van der Waals surface area contributed by atoms with Crippen molar-refractivity contribution in [2.24, 2.45) is 0 Å². The Hall–Kier alpha value is -1.84. The topological polar surface area (TPSA) is 72.2 Å². The molecule has 0 spiro atoms. The Bertz CT molecular complexity index is 685. The second kappa shape index (κ2) is 6.51. The standard InChI is InChI=1S/C12H14F3N5OS/c1-7-6-9-18-19-11(20(9)8(2)17-7)22-5-3-4-16-10(21)12(13,14)15/h6H,3-5H2,1-2H3,(H,16,21). The van der Waals surface area contributed by atoms with Crippen molar-refractivity contribution in [1.82, 2.24) is 24.9 Å². The predicted molar refractivity (Wildman–Crippen MR) is 74.7 cm³/mol. The van der Waals surface area contributed by atoms with Gasteiger partial charge in [-0.1, -0.05) is 11.8 Å². The molecule has 2 rings (SSSR count). The molecule has 0 atom stereocenters. The summed E-state index contributed by atoms with van der Waals surface area (Å²) in [6, 6.07) is 1.80. The lowest BCUT2D eigenvalue weighted by Gasteiger charge is -2.07. The summed E-state index contributed by atoms with van der Waals surface area (Å²) in [6.07, 6.45) is -4.45. The van der Waals surface area contributed by atoms with E-state index in [1.54, 1.807) is 10.5 Å². The average molecular weight is 333 g/mol. The van der Waals surface area contributed by atoms with Crippen LogP contribution in [0.3, 0.4) is 0 Å². The SMILES string of the molecule is Cc1cc2nnc(SCCCNC(=O)C(F)(F)F)n2c(C)n1. The van der Waals surface area contributed by atoms with Gasteiger partial charge in [-0.25, -0.2) is 4.98 Å². The molecule has 2 heterocycles. The van der Waals surface area contributed by atoms with Gasteiger partial charge in [0, 0.05) is 24.1 Å². The Kier molecular flexibility index (Phi) is 4.89.